The number of piperidine rings is 1. The molecule has 0 saturated carbocycles. The fraction of sp³-hybridized carbons (Fsp3) is 0.300. The molecular formula is C20H20N4O3. The summed E-state index contributed by atoms with van der Waals surface area (Å²) in [7, 11) is 0. The normalized spacial score (nSPS) is 15.2. The van der Waals surface area contributed by atoms with Crippen molar-refractivity contribution >= 4 is 22.8 Å². The Labute approximate surface area is 156 Å². The number of rotatable bonds is 3. The molecule has 7 heteroatoms. The van der Waals surface area contributed by atoms with E-state index < -0.39 is 5.97 Å². The lowest BCUT2D eigenvalue weighted by Gasteiger charge is -2.32. The topological polar surface area (TPSA) is 88.3 Å². The number of aromatic carboxylic acids is 1. The quantitative estimate of drug-likeness (QED) is 0.772. The van der Waals surface area contributed by atoms with Crippen molar-refractivity contribution in [3.63, 3.8) is 0 Å². The van der Waals surface area contributed by atoms with Crippen LogP contribution in [-0.4, -0.2) is 49.7 Å². The van der Waals surface area contributed by atoms with Gasteiger partial charge in [0.25, 0.3) is 5.91 Å². The van der Waals surface area contributed by atoms with Crippen molar-refractivity contribution in [1.29, 1.82) is 0 Å². The third-order valence-corrected chi connectivity index (χ3v) is 5.06. The highest BCUT2D eigenvalue weighted by atomic mass is 16.4. The van der Waals surface area contributed by atoms with E-state index in [-0.39, 0.29) is 17.5 Å². The molecule has 1 aliphatic heterocycles. The lowest BCUT2D eigenvalue weighted by atomic mass is 10.0. The van der Waals surface area contributed by atoms with Crippen LogP contribution in [0.15, 0.2) is 42.7 Å². The standard InChI is InChI=1S/C20H20N4O3/c1-13-5-6-14-3-2-4-17(18(14)22-13)19(25)23-9-7-16(8-10-23)24-12-15(11-21-24)20(26)27/h2-6,11-12,16H,7-10H2,1H3,(H,26,27). The zero-order chi connectivity index (χ0) is 19.0. The number of carboxylic acids is 1. The molecule has 7 nitrogen and oxygen atoms in total. The Morgan fingerprint density at radius 2 is 1.93 bits per heavy atom. The van der Waals surface area contributed by atoms with Crippen LogP contribution in [0.3, 0.4) is 0 Å². The molecule has 1 N–H and O–H groups in total. The maximum Gasteiger partial charge on any atom is 0.338 e. The van der Waals surface area contributed by atoms with Gasteiger partial charge in [0.05, 0.1) is 28.9 Å². The van der Waals surface area contributed by atoms with E-state index in [1.165, 1.54) is 6.20 Å². The number of carbonyl (C=O) groups excluding carboxylic acids is 1. The molecule has 3 heterocycles. The van der Waals surface area contributed by atoms with Crippen molar-refractivity contribution in [3.8, 4) is 0 Å². The molecule has 1 saturated heterocycles. The summed E-state index contributed by atoms with van der Waals surface area (Å²) in [5, 5.41) is 14.2. The van der Waals surface area contributed by atoms with Crippen LogP contribution in [0, 0.1) is 6.92 Å². The van der Waals surface area contributed by atoms with Crippen LogP contribution in [0.5, 0.6) is 0 Å². The Kier molecular flexibility index (Phi) is 4.35. The summed E-state index contributed by atoms with van der Waals surface area (Å²) in [5.74, 6) is -0.989. The van der Waals surface area contributed by atoms with E-state index in [4.69, 9.17) is 5.11 Å². The van der Waals surface area contributed by atoms with Gasteiger partial charge in [0.2, 0.25) is 0 Å². The van der Waals surface area contributed by atoms with E-state index in [2.05, 4.69) is 10.1 Å². The van der Waals surface area contributed by atoms with E-state index in [0.29, 0.717) is 18.7 Å². The molecule has 0 spiro atoms. The van der Waals surface area contributed by atoms with Crippen molar-refractivity contribution in [1.82, 2.24) is 19.7 Å². The molecule has 27 heavy (non-hydrogen) atoms. The number of carbonyl (C=O) groups is 2. The second-order valence-electron chi connectivity index (χ2n) is 6.87. The molecule has 4 rings (SSSR count). The van der Waals surface area contributed by atoms with Crippen molar-refractivity contribution in [2.75, 3.05) is 13.1 Å². The van der Waals surface area contributed by atoms with Crippen molar-refractivity contribution < 1.29 is 14.7 Å². The number of likely N-dealkylation sites (tertiary alicyclic amines) is 1. The predicted molar refractivity (Wildman–Crippen MR) is 99.8 cm³/mol. The maximum absolute atomic E-state index is 13.0. The summed E-state index contributed by atoms with van der Waals surface area (Å²) in [6.07, 6.45) is 4.40. The summed E-state index contributed by atoms with van der Waals surface area (Å²) in [6, 6.07) is 9.71. The van der Waals surface area contributed by atoms with Crippen LogP contribution >= 0.6 is 0 Å². The van der Waals surface area contributed by atoms with E-state index >= 15 is 0 Å². The fourth-order valence-corrected chi connectivity index (χ4v) is 3.57. The number of nitrogens with zero attached hydrogens (tertiary/aromatic N) is 4. The molecule has 0 bridgehead atoms. The fourth-order valence-electron chi connectivity index (χ4n) is 3.57. The molecule has 1 fully saturated rings. The Morgan fingerprint density at radius 1 is 1.15 bits per heavy atom. The van der Waals surface area contributed by atoms with Crippen LogP contribution in [0.2, 0.25) is 0 Å². The molecule has 0 aliphatic carbocycles. The molecule has 0 unspecified atom stereocenters. The van der Waals surface area contributed by atoms with Gasteiger partial charge >= 0.3 is 5.97 Å². The van der Waals surface area contributed by atoms with Gasteiger partial charge < -0.3 is 10.0 Å². The first-order chi connectivity index (χ1) is 13.0. The number of aromatic nitrogens is 3. The van der Waals surface area contributed by atoms with E-state index in [1.807, 2.05) is 42.2 Å². The average molecular weight is 364 g/mol. The van der Waals surface area contributed by atoms with Gasteiger partial charge in [-0.1, -0.05) is 18.2 Å². The molecule has 1 aliphatic rings. The molecule has 2 aromatic heterocycles. The van der Waals surface area contributed by atoms with E-state index in [0.717, 1.165) is 29.4 Å². The van der Waals surface area contributed by atoms with Gasteiger partial charge in [-0.2, -0.15) is 5.10 Å². The van der Waals surface area contributed by atoms with Crippen LogP contribution < -0.4 is 0 Å². The van der Waals surface area contributed by atoms with Crippen molar-refractivity contribution in [3.05, 3.63) is 59.5 Å². The summed E-state index contributed by atoms with van der Waals surface area (Å²) >= 11 is 0. The van der Waals surface area contributed by atoms with Gasteiger partial charge in [-0.05, 0) is 31.9 Å². The summed E-state index contributed by atoms with van der Waals surface area (Å²) < 4.78 is 1.70. The van der Waals surface area contributed by atoms with Gasteiger partial charge in [0.1, 0.15) is 0 Å². The zero-order valence-electron chi connectivity index (χ0n) is 15.0. The van der Waals surface area contributed by atoms with Crippen molar-refractivity contribution in [2.24, 2.45) is 0 Å². The third-order valence-electron chi connectivity index (χ3n) is 5.06. The number of pyridine rings is 1. The minimum Gasteiger partial charge on any atom is -0.478 e. The summed E-state index contributed by atoms with van der Waals surface area (Å²) in [4.78, 5) is 30.5. The monoisotopic (exact) mass is 364 g/mol. The molecule has 1 amide bonds. The minimum absolute atomic E-state index is 0.0103. The van der Waals surface area contributed by atoms with Crippen LogP contribution in [0.25, 0.3) is 10.9 Å². The number of para-hydroxylation sites is 1. The molecule has 138 valence electrons. The number of hydrogen-bond acceptors (Lipinski definition) is 4. The first-order valence-electron chi connectivity index (χ1n) is 8.96. The molecule has 0 atom stereocenters. The molecular weight excluding hydrogens is 344 g/mol. The maximum atomic E-state index is 13.0. The Bertz CT molecular complexity index is 1020. The predicted octanol–water partition coefficient (Wildman–Crippen LogP) is 2.92. The van der Waals surface area contributed by atoms with Gasteiger partial charge in [-0.15, -0.1) is 0 Å². The van der Waals surface area contributed by atoms with Crippen LogP contribution in [-0.2, 0) is 0 Å². The highest BCUT2D eigenvalue weighted by Crippen LogP contribution is 2.25. The smallest absolute Gasteiger partial charge is 0.338 e. The number of fused-ring (bicyclic) bond motifs is 1. The Balaban J connectivity index is 1.50. The molecule has 1 aromatic carbocycles. The highest BCUT2D eigenvalue weighted by Gasteiger charge is 2.26. The van der Waals surface area contributed by atoms with Crippen molar-refractivity contribution in [2.45, 2.75) is 25.8 Å². The van der Waals surface area contributed by atoms with Gasteiger partial charge in [0.15, 0.2) is 0 Å². The molecule has 0 radical (unpaired) electrons. The molecule has 3 aromatic rings. The SMILES string of the molecule is Cc1ccc2cccc(C(=O)N3CCC(n4cc(C(=O)O)cn4)CC3)c2n1. The second-order valence-corrected chi connectivity index (χ2v) is 6.87. The number of hydrogen-bond donors (Lipinski definition) is 1. The number of aryl methyl sites for hydroxylation is 1. The van der Waals surface area contributed by atoms with E-state index in [1.54, 1.807) is 10.9 Å². The van der Waals surface area contributed by atoms with Gasteiger partial charge in [-0.3, -0.25) is 14.5 Å². The minimum atomic E-state index is -0.979. The lowest BCUT2D eigenvalue weighted by Crippen LogP contribution is -2.39. The van der Waals surface area contributed by atoms with Crippen LogP contribution in [0.1, 0.15) is 45.3 Å². The second kappa shape index (κ2) is 6.83. The first kappa shape index (κ1) is 17.2. The average Bonchev–Trinajstić information content (AvgIpc) is 3.18. The van der Waals surface area contributed by atoms with Gasteiger partial charge in [-0.25, -0.2) is 4.79 Å². The summed E-state index contributed by atoms with van der Waals surface area (Å²) in [5.41, 5.74) is 2.43. The van der Waals surface area contributed by atoms with E-state index in [9.17, 15) is 9.59 Å². The highest BCUT2D eigenvalue weighted by molar-refractivity contribution is 6.05. The summed E-state index contributed by atoms with van der Waals surface area (Å²) in [6.45, 7) is 3.13. The van der Waals surface area contributed by atoms with Crippen LogP contribution in [0.4, 0.5) is 0 Å². The zero-order valence-corrected chi connectivity index (χ0v) is 15.0. The number of amides is 1. The lowest BCUT2D eigenvalue weighted by molar-refractivity contribution is 0.0689. The Hall–Kier alpha value is -3.22. The Morgan fingerprint density at radius 3 is 2.63 bits per heavy atom. The number of carboxylic acid groups (broad SMARTS) is 1. The van der Waals surface area contributed by atoms with Gasteiger partial charge in [0, 0.05) is 30.4 Å². The first-order valence-corrected chi connectivity index (χ1v) is 8.96. The number of benzene rings is 1. The largest absolute Gasteiger partial charge is 0.478 e. The third kappa shape index (κ3) is 3.28.